The Kier molecular flexibility index (Phi) is 23.9. The molecule has 0 amide bonds. The Morgan fingerprint density at radius 1 is 0.667 bits per heavy atom. The van der Waals surface area contributed by atoms with E-state index >= 15 is 0 Å². The number of rotatable bonds is 16. The molecule has 1 aliphatic rings. The molecule has 1 fully saturated rings. The number of Topliss-reactive ketones (excluding diaryl/α,β-unsaturated/α-hetero) is 1. The van der Waals surface area contributed by atoms with Crippen LogP contribution in [0.4, 0.5) is 0 Å². The SMILES string of the molecule is CC(C)OC(=O)CCC(=O)CCC(=O)OC(C)C.CC(C)OC(=O)CCC1(CCC(=O)OC(C)C)OCCO1.[3H][P+](P)=S. The minimum atomic E-state index is -0.870. The number of carbonyl (C=O) groups excluding carboxylic acids is 5. The highest BCUT2D eigenvalue weighted by Crippen LogP contribution is 2.30. The standard InChI is InChI=1S/C15H26O6.C13H22O5.H2P2S/c1-11(2)20-13(16)5-7-15(18-9-10-19-15)8-6-14(17)21-12(3)4;1-9(2)17-12(15)7-5-11(14)6-8-13(16)18-10(3)4;1-2-3/h11-12H,5-10H2,1-4H3;9-10H,5-8H2,1-4H3;1H2/p+1/i/hT. The molecule has 1 heterocycles. The van der Waals surface area contributed by atoms with E-state index in [2.05, 4.69) is 20.7 Å². The van der Waals surface area contributed by atoms with Crippen LogP contribution >= 0.6 is 15.9 Å². The second-order valence-electron chi connectivity index (χ2n) is 10.4. The monoisotopic (exact) mass is 659 g/mol. The van der Waals surface area contributed by atoms with Gasteiger partial charge in [0, 0.05) is 25.7 Å². The van der Waals surface area contributed by atoms with Crippen molar-refractivity contribution in [2.24, 2.45) is 0 Å². The van der Waals surface area contributed by atoms with Crippen LogP contribution in [0.1, 0.15) is 107 Å². The zero-order valence-corrected chi connectivity index (χ0v) is 29.2. The number of ketones is 1. The van der Waals surface area contributed by atoms with Crippen LogP contribution in [0.25, 0.3) is 0 Å². The number of hydrogen-bond acceptors (Lipinski definition) is 12. The van der Waals surface area contributed by atoms with Crippen molar-refractivity contribution in [1.29, 1.82) is 1.28 Å². The summed E-state index contributed by atoms with van der Waals surface area (Å²) in [6, 6.07) is 0. The van der Waals surface area contributed by atoms with E-state index in [0.29, 0.717) is 26.1 Å². The summed E-state index contributed by atoms with van der Waals surface area (Å²) in [4.78, 5) is 57.0. The van der Waals surface area contributed by atoms with Crippen LogP contribution in [0, 0.1) is 0 Å². The summed E-state index contributed by atoms with van der Waals surface area (Å²) >= 11 is 4.31. The second-order valence-corrected chi connectivity index (χ2v) is 13.1. The van der Waals surface area contributed by atoms with Gasteiger partial charge in [-0.1, -0.05) is 0 Å². The van der Waals surface area contributed by atoms with Gasteiger partial charge in [-0.05, 0) is 55.4 Å². The van der Waals surface area contributed by atoms with Crippen molar-refractivity contribution in [3.05, 3.63) is 0 Å². The van der Waals surface area contributed by atoms with Gasteiger partial charge in [0.15, 0.2) is 24.6 Å². The molecular formula is C28H51O11P2S+. The van der Waals surface area contributed by atoms with Crippen LogP contribution in [0.5, 0.6) is 0 Å². The lowest BCUT2D eigenvalue weighted by Crippen LogP contribution is -2.32. The molecule has 1 aliphatic heterocycles. The summed E-state index contributed by atoms with van der Waals surface area (Å²) in [5, 5.41) is 0. The lowest BCUT2D eigenvalue weighted by atomic mass is 10.0. The highest BCUT2D eigenvalue weighted by molar-refractivity contribution is 8.24. The van der Waals surface area contributed by atoms with E-state index < -0.39 is 12.8 Å². The van der Waals surface area contributed by atoms with E-state index in [4.69, 9.17) is 29.7 Å². The van der Waals surface area contributed by atoms with Crippen LogP contribution in [0.3, 0.4) is 0 Å². The third-order valence-corrected chi connectivity index (χ3v) is 4.92. The lowest BCUT2D eigenvalue weighted by Gasteiger charge is -2.27. The van der Waals surface area contributed by atoms with Crippen LogP contribution in [0.2, 0.25) is 0 Å². The molecule has 0 saturated carbocycles. The maximum atomic E-state index is 11.6. The van der Waals surface area contributed by atoms with E-state index in [1.165, 1.54) is 0 Å². The summed E-state index contributed by atoms with van der Waals surface area (Å²) in [5.41, 5.74) is 0. The van der Waals surface area contributed by atoms with Gasteiger partial charge in [0.1, 0.15) is 5.78 Å². The first-order valence-electron chi connectivity index (χ1n) is 14.6. The first-order valence-corrected chi connectivity index (χ1v) is 17.7. The quantitative estimate of drug-likeness (QED) is 0.123. The molecule has 244 valence electrons. The van der Waals surface area contributed by atoms with Crippen molar-refractivity contribution < 1.29 is 52.4 Å². The van der Waals surface area contributed by atoms with E-state index in [-0.39, 0.29) is 92.6 Å². The van der Waals surface area contributed by atoms with Crippen molar-refractivity contribution >= 4 is 57.4 Å². The molecule has 0 aromatic heterocycles. The number of esters is 4. The Morgan fingerprint density at radius 3 is 1.19 bits per heavy atom. The third-order valence-electron chi connectivity index (χ3n) is 4.92. The summed E-state index contributed by atoms with van der Waals surface area (Å²) in [5.74, 6) is -2.34. The molecule has 1 saturated heterocycles. The van der Waals surface area contributed by atoms with Gasteiger partial charge in [0.25, 0.3) is 0 Å². The van der Waals surface area contributed by atoms with Crippen molar-refractivity contribution in [1.82, 2.24) is 0 Å². The third kappa shape index (κ3) is 26.1. The molecule has 0 aliphatic carbocycles. The number of hydrogen-bond donors (Lipinski definition) is 0. The Bertz CT molecular complexity index is 817. The van der Waals surface area contributed by atoms with Gasteiger partial charge in [-0.3, -0.25) is 24.0 Å². The molecule has 0 N–H and O–H groups in total. The van der Waals surface area contributed by atoms with E-state index in [1.807, 2.05) is 0 Å². The molecule has 2 atom stereocenters. The Morgan fingerprint density at radius 2 is 0.929 bits per heavy atom. The van der Waals surface area contributed by atoms with E-state index in [0.717, 1.165) is 0 Å². The Balaban J connectivity index is 0. The van der Waals surface area contributed by atoms with Crippen molar-refractivity contribution in [2.45, 2.75) is 137 Å². The average molecular weight is 660 g/mol. The van der Waals surface area contributed by atoms with Gasteiger partial charge in [-0.25, -0.2) is 0 Å². The average Bonchev–Trinajstić information content (AvgIpc) is 3.31. The van der Waals surface area contributed by atoms with E-state index in [9.17, 15) is 24.0 Å². The van der Waals surface area contributed by atoms with Gasteiger partial charge >= 0.3 is 25.2 Å². The lowest BCUT2D eigenvalue weighted by molar-refractivity contribution is -0.180. The summed E-state index contributed by atoms with van der Waals surface area (Å²) in [6.45, 7) is 14.3. The first kappa shape index (κ1) is 40.4. The first-order chi connectivity index (χ1) is 19.9. The van der Waals surface area contributed by atoms with Gasteiger partial charge in [0.2, 0.25) is 0 Å². The summed E-state index contributed by atoms with van der Waals surface area (Å²) in [6.07, 6.45) is 0.908. The van der Waals surface area contributed by atoms with Crippen LogP contribution in [0.15, 0.2) is 0 Å². The molecule has 0 bridgehead atoms. The highest BCUT2D eigenvalue weighted by atomic mass is 32.6. The largest absolute Gasteiger partial charge is 0.463 e. The molecule has 11 nitrogen and oxygen atoms in total. The van der Waals surface area contributed by atoms with Crippen molar-refractivity contribution in [3.8, 4) is 0 Å². The highest BCUT2D eigenvalue weighted by Gasteiger charge is 2.37. The Labute approximate surface area is 261 Å². The van der Waals surface area contributed by atoms with Gasteiger partial charge < -0.3 is 28.4 Å². The van der Waals surface area contributed by atoms with Gasteiger partial charge in [-0.2, -0.15) is 0 Å². The normalized spacial score (nSPS) is 14.2. The molecular weight excluding hydrogens is 606 g/mol. The van der Waals surface area contributed by atoms with Gasteiger partial charge in [0.05, 0.1) is 72.2 Å². The van der Waals surface area contributed by atoms with Gasteiger partial charge in [-0.15, -0.1) is 0 Å². The topological polar surface area (TPSA) is 141 Å². The summed E-state index contributed by atoms with van der Waals surface area (Å²) in [7, 11) is 2.20. The maximum absolute atomic E-state index is 11.6. The fraction of sp³-hybridized carbons (Fsp3) is 0.821. The zero-order valence-electron chi connectivity index (χ0n) is 27.3. The Hall–Kier alpha value is -1.58. The van der Waals surface area contributed by atoms with Crippen LogP contribution < -0.4 is 0 Å². The van der Waals surface area contributed by atoms with Crippen LogP contribution in [-0.4, -0.2) is 74.4 Å². The fourth-order valence-electron chi connectivity index (χ4n) is 3.39. The number of carbonyl (C=O) groups is 5. The molecule has 1 rings (SSSR count). The molecule has 14 heteroatoms. The minimum absolute atomic E-state index is 0.0657. The van der Waals surface area contributed by atoms with Crippen molar-refractivity contribution in [2.75, 3.05) is 13.2 Å². The molecule has 0 spiro atoms. The molecule has 0 radical (unpaired) electrons. The fourth-order valence-corrected chi connectivity index (χ4v) is 3.39. The maximum Gasteiger partial charge on any atom is 0.355 e. The predicted molar refractivity (Wildman–Crippen MR) is 167 cm³/mol. The molecule has 42 heavy (non-hydrogen) atoms. The van der Waals surface area contributed by atoms with E-state index in [1.54, 1.807) is 55.4 Å². The van der Waals surface area contributed by atoms with Crippen molar-refractivity contribution in [3.63, 3.8) is 0 Å². The second kappa shape index (κ2) is 24.8. The number of ether oxygens (including phenoxy) is 6. The smallest absolute Gasteiger partial charge is 0.355 e. The molecule has 0 aromatic carbocycles. The summed E-state index contributed by atoms with van der Waals surface area (Å²) < 4.78 is 37.6. The minimum Gasteiger partial charge on any atom is -0.463 e. The zero-order chi connectivity index (χ0) is 33.6. The molecule has 0 aromatic rings. The molecule has 2 unspecified atom stereocenters. The van der Waals surface area contributed by atoms with Crippen LogP contribution in [-0.2, 0) is 64.2 Å². The predicted octanol–water partition coefficient (Wildman–Crippen LogP) is 5.13.